The van der Waals surface area contributed by atoms with Crippen LogP contribution in [-0.2, 0) is 23.8 Å². The normalized spacial score (nSPS) is 17.5. The molecule has 1 amide bonds. The zero-order chi connectivity index (χ0) is 22.9. The van der Waals surface area contributed by atoms with Crippen LogP contribution in [0.1, 0.15) is 87.0 Å². The number of hydrogen-bond donors (Lipinski definition) is 1. The average molecular weight is 428 g/mol. The van der Waals surface area contributed by atoms with E-state index in [2.05, 4.69) is 5.32 Å². The fraction of sp³-hybridized carbons (Fsp3) is 0.870. The second-order valence-electron chi connectivity index (χ2n) is 9.74. The number of amides is 1. The fourth-order valence-corrected chi connectivity index (χ4v) is 3.30. The highest BCUT2D eigenvalue weighted by atomic mass is 16.6. The molecule has 1 aliphatic rings. The third kappa shape index (κ3) is 9.81. The number of esters is 2. The molecule has 7 nitrogen and oxygen atoms in total. The minimum atomic E-state index is -0.780. The molecule has 1 rings (SSSR count). The van der Waals surface area contributed by atoms with Gasteiger partial charge in [-0.1, -0.05) is 34.1 Å². The molecule has 30 heavy (non-hydrogen) atoms. The second-order valence-corrected chi connectivity index (χ2v) is 9.74. The zero-order valence-electron chi connectivity index (χ0n) is 19.8. The number of carbonyl (C=O) groups is 3. The molecule has 0 saturated heterocycles. The smallest absolute Gasteiger partial charge is 0.408 e. The van der Waals surface area contributed by atoms with E-state index < -0.39 is 23.7 Å². The lowest BCUT2D eigenvalue weighted by Gasteiger charge is -2.27. The summed E-state index contributed by atoms with van der Waals surface area (Å²) in [6, 6.07) is -0.780. The van der Waals surface area contributed by atoms with E-state index in [0.29, 0.717) is 18.8 Å². The molecular formula is C23H41NO6. The minimum absolute atomic E-state index is 0.0736. The van der Waals surface area contributed by atoms with Crippen LogP contribution in [0.15, 0.2) is 0 Å². The van der Waals surface area contributed by atoms with E-state index in [-0.39, 0.29) is 30.5 Å². The molecule has 174 valence electrons. The van der Waals surface area contributed by atoms with Gasteiger partial charge in [0, 0.05) is 6.42 Å². The van der Waals surface area contributed by atoms with Crippen molar-refractivity contribution in [1.29, 1.82) is 0 Å². The van der Waals surface area contributed by atoms with Crippen molar-refractivity contribution in [2.24, 2.45) is 17.8 Å². The van der Waals surface area contributed by atoms with Crippen molar-refractivity contribution in [3.8, 4) is 0 Å². The molecular weight excluding hydrogens is 386 g/mol. The van der Waals surface area contributed by atoms with Crippen molar-refractivity contribution >= 4 is 18.0 Å². The lowest BCUT2D eigenvalue weighted by molar-refractivity contribution is -0.155. The number of alkyl carbamates (subject to hydrolysis) is 1. The molecule has 1 saturated carbocycles. The summed E-state index contributed by atoms with van der Waals surface area (Å²) in [6.45, 7) is 13.2. The van der Waals surface area contributed by atoms with Gasteiger partial charge in [0.1, 0.15) is 17.7 Å². The van der Waals surface area contributed by atoms with E-state index >= 15 is 0 Å². The largest absolute Gasteiger partial charge is 0.464 e. The first-order chi connectivity index (χ1) is 13.9. The van der Waals surface area contributed by atoms with E-state index in [1.807, 2.05) is 27.7 Å². The Morgan fingerprint density at radius 2 is 1.73 bits per heavy atom. The molecule has 0 bridgehead atoms. The van der Waals surface area contributed by atoms with Crippen molar-refractivity contribution < 1.29 is 28.6 Å². The summed E-state index contributed by atoms with van der Waals surface area (Å²) < 4.78 is 16.3. The molecule has 0 aromatic rings. The summed E-state index contributed by atoms with van der Waals surface area (Å²) in [5.41, 5.74) is -0.643. The van der Waals surface area contributed by atoms with Crippen LogP contribution in [-0.4, -0.2) is 42.4 Å². The lowest BCUT2D eigenvalue weighted by Crippen LogP contribution is -2.47. The Hall–Kier alpha value is -1.79. The van der Waals surface area contributed by atoms with Crippen molar-refractivity contribution in [2.75, 3.05) is 6.61 Å². The van der Waals surface area contributed by atoms with Crippen LogP contribution in [0.5, 0.6) is 0 Å². The van der Waals surface area contributed by atoms with Crippen LogP contribution < -0.4 is 5.32 Å². The van der Waals surface area contributed by atoms with Gasteiger partial charge in [0.05, 0.1) is 6.61 Å². The van der Waals surface area contributed by atoms with Crippen LogP contribution in [0.3, 0.4) is 0 Å². The Kier molecular flexibility index (Phi) is 10.6. The van der Waals surface area contributed by atoms with Gasteiger partial charge in [0.25, 0.3) is 0 Å². The average Bonchev–Trinajstić information content (AvgIpc) is 2.58. The molecule has 0 radical (unpaired) electrons. The minimum Gasteiger partial charge on any atom is -0.464 e. The predicted octanol–water partition coefficient (Wildman–Crippen LogP) is 4.62. The Morgan fingerprint density at radius 1 is 1.10 bits per heavy atom. The molecule has 0 aliphatic heterocycles. The summed E-state index contributed by atoms with van der Waals surface area (Å²) in [5.74, 6) is -0.200. The predicted molar refractivity (Wildman–Crippen MR) is 115 cm³/mol. The standard InChI is InChI=1S/C23H41NO6/c1-8-18(29-19(25)14-17-10-9-11-17)16(4)12-13-28-21(26)20(15(2)3)24-22(27)30-23(5,6)7/h15-18,20H,8-14H2,1-7H3,(H,24,27)/t16-,18?,20-/m1/s1. The summed E-state index contributed by atoms with van der Waals surface area (Å²) in [7, 11) is 0. The van der Waals surface area contributed by atoms with Gasteiger partial charge in [0.15, 0.2) is 0 Å². The monoisotopic (exact) mass is 427 g/mol. The van der Waals surface area contributed by atoms with Gasteiger partial charge in [-0.2, -0.15) is 0 Å². The van der Waals surface area contributed by atoms with Gasteiger partial charge in [-0.05, 0) is 64.2 Å². The molecule has 1 unspecified atom stereocenters. The summed E-state index contributed by atoms with van der Waals surface area (Å²) >= 11 is 0. The number of hydrogen-bond acceptors (Lipinski definition) is 6. The number of nitrogens with one attached hydrogen (secondary N) is 1. The first kappa shape index (κ1) is 26.2. The fourth-order valence-electron chi connectivity index (χ4n) is 3.30. The van der Waals surface area contributed by atoms with Crippen LogP contribution >= 0.6 is 0 Å². The third-order valence-corrected chi connectivity index (χ3v) is 5.41. The van der Waals surface area contributed by atoms with E-state index in [1.165, 1.54) is 6.42 Å². The van der Waals surface area contributed by atoms with Gasteiger partial charge < -0.3 is 19.5 Å². The Bertz CT molecular complexity index is 565. The van der Waals surface area contributed by atoms with Gasteiger partial charge in [0.2, 0.25) is 0 Å². The molecule has 1 aliphatic carbocycles. The van der Waals surface area contributed by atoms with Crippen LogP contribution in [0.2, 0.25) is 0 Å². The van der Waals surface area contributed by atoms with Gasteiger partial charge in [-0.15, -0.1) is 0 Å². The van der Waals surface area contributed by atoms with Gasteiger partial charge in [-0.25, -0.2) is 9.59 Å². The highest BCUT2D eigenvalue weighted by Gasteiger charge is 2.29. The number of rotatable bonds is 11. The zero-order valence-corrected chi connectivity index (χ0v) is 19.8. The van der Waals surface area contributed by atoms with Crippen LogP contribution in [0, 0.1) is 17.8 Å². The Labute approximate surface area is 181 Å². The molecule has 7 heteroatoms. The molecule has 1 fully saturated rings. The van der Waals surface area contributed by atoms with E-state index in [0.717, 1.165) is 19.3 Å². The van der Waals surface area contributed by atoms with Gasteiger partial charge in [-0.3, -0.25) is 4.79 Å². The Balaban J connectivity index is 2.44. The maximum absolute atomic E-state index is 12.5. The molecule has 0 heterocycles. The maximum Gasteiger partial charge on any atom is 0.408 e. The highest BCUT2D eigenvalue weighted by Crippen LogP contribution is 2.30. The SMILES string of the molecule is CCC(OC(=O)CC1CCC1)[C@H](C)CCOC(=O)[C@H](NC(=O)OC(C)(C)C)C(C)C. The Morgan fingerprint density at radius 3 is 2.20 bits per heavy atom. The van der Waals surface area contributed by atoms with Crippen molar-refractivity contribution in [2.45, 2.75) is 105 Å². The molecule has 0 aromatic carbocycles. The van der Waals surface area contributed by atoms with Crippen molar-refractivity contribution in [1.82, 2.24) is 5.32 Å². The van der Waals surface area contributed by atoms with Crippen LogP contribution in [0.4, 0.5) is 4.79 Å². The first-order valence-corrected chi connectivity index (χ1v) is 11.3. The first-order valence-electron chi connectivity index (χ1n) is 11.3. The van der Waals surface area contributed by atoms with E-state index in [4.69, 9.17) is 14.2 Å². The summed E-state index contributed by atoms with van der Waals surface area (Å²) in [4.78, 5) is 36.6. The van der Waals surface area contributed by atoms with Crippen molar-refractivity contribution in [3.05, 3.63) is 0 Å². The number of carbonyl (C=O) groups excluding carboxylic acids is 3. The quantitative estimate of drug-likeness (QED) is 0.382. The van der Waals surface area contributed by atoms with Crippen molar-refractivity contribution in [3.63, 3.8) is 0 Å². The maximum atomic E-state index is 12.5. The third-order valence-electron chi connectivity index (χ3n) is 5.41. The van der Waals surface area contributed by atoms with Crippen LogP contribution in [0.25, 0.3) is 0 Å². The molecule has 0 spiro atoms. The van der Waals surface area contributed by atoms with E-state index in [9.17, 15) is 14.4 Å². The lowest BCUT2D eigenvalue weighted by atomic mass is 9.83. The topological polar surface area (TPSA) is 90.9 Å². The molecule has 1 N–H and O–H groups in total. The molecule has 3 atom stereocenters. The highest BCUT2D eigenvalue weighted by molar-refractivity contribution is 5.81. The summed E-state index contributed by atoms with van der Waals surface area (Å²) in [5, 5.41) is 2.60. The van der Waals surface area contributed by atoms with Gasteiger partial charge >= 0.3 is 18.0 Å². The second kappa shape index (κ2) is 12.2. The molecule has 0 aromatic heterocycles. The number of ether oxygens (including phenoxy) is 3. The summed E-state index contributed by atoms with van der Waals surface area (Å²) in [6.07, 6.45) is 4.42. The van der Waals surface area contributed by atoms with E-state index in [1.54, 1.807) is 20.8 Å².